The number of halogens is 3. The van der Waals surface area contributed by atoms with Gasteiger partial charge in [-0.1, -0.05) is 6.07 Å². The molecule has 0 aliphatic carbocycles. The maximum Gasteiger partial charge on any atom is 0.420 e. The Hall–Kier alpha value is -3.05. The number of aryl methyl sites for hydroxylation is 1. The molecule has 11 heteroatoms. The van der Waals surface area contributed by atoms with Crippen LogP contribution in [0, 0.1) is 0 Å². The van der Waals surface area contributed by atoms with Crippen LogP contribution in [0.4, 0.5) is 19.0 Å². The Morgan fingerprint density at radius 3 is 2.67 bits per heavy atom. The lowest BCUT2D eigenvalue weighted by molar-refractivity contribution is -0.207. The summed E-state index contributed by atoms with van der Waals surface area (Å²) in [6.07, 6.45) is -1.29. The number of Topliss-reactive ketones (excluding diaryl/α,β-unsaturated/α-hetero) is 1. The summed E-state index contributed by atoms with van der Waals surface area (Å²) in [5.41, 5.74) is 8.01. The minimum atomic E-state index is -4.81. The fourth-order valence-corrected chi connectivity index (χ4v) is 4.28. The number of aromatic nitrogens is 4. The highest BCUT2D eigenvalue weighted by Gasteiger charge is 2.40. The summed E-state index contributed by atoms with van der Waals surface area (Å²) in [6.45, 7) is 3.56. The summed E-state index contributed by atoms with van der Waals surface area (Å²) in [6, 6.07) is 3.31. The van der Waals surface area contributed by atoms with E-state index in [0.717, 1.165) is 25.3 Å². The average Bonchev–Trinajstić information content (AvgIpc) is 3.37. The van der Waals surface area contributed by atoms with Crippen molar-refractivity contribution in [2.24, 2.45) is 0 Å². The molecular formula is C22H25F3N6O2. The molecule has 0 radical (unpaired) electrons. The average molecular weight is 462 g/mol. The van der Waals surface area contributed by atoms with Crippen molar-refractivity contribution in [3.8, 4) is 11.1 Å². The highest BCUT2D eigenvalue weighted by atomic mass is 19.4. The molecule has 0 bridgehead atoms. The first kappa shape index (κ1) is 23.1. The molecule has 176 valence electrons. The topological polar surface area (TPSA) is 118 Å². The van der Waals surface area contributed by atoms with Crippen LogP contribution in [0.2, 0.25) is 0 Å². The lowest BCUT2D eigenvalue weighted by Gasteiger charge is -2.15. The van der Waals surface area contributed by atoms with Crippen molar-refractivity contribution in [3.05, 3.63) is 41.5 Å². The lowest BCUT2D eigenvalue weighted by atomic mass is 10.0. The third-order valence-corrected chi connectivity index (χ3v) is 6.00. The second-order valence-electron chi connectivity index (χ2n) is 8.47. The second-order valence-corrected chi connectivity index (χ2v) is 8.47. The van der Waals surface area contributed by atoms with E-state index >= 15 is 0 Å². The van der Waals surface area contributed by atoms with Gasteiger partial charge in [0.15, 0.2) is 17.5 Å². The fraction of sp³-hybridized carbons (Fsp3) is 0.455. The van der Waals surface area contributed by atoms with Gasteiger partial charge in [0, 0.05) is 29.4 Å². The molecule has 4 N–H and O–H groups in total. The zero-order valence-corrected chi connectivity index (χ0v) is 18.2. The minimum absolute atomic E-state index is 0.165. The molecule has 3 aromatic heterocycles. The Kier molecular flexibility index (Phi) is 6.10. The number of ketones is 1. The highest BCUT2D eigenvalue weighted by molar-refractivity contribution is 6.00. The van der Waals surface area contributed by atoms with Gasteiger partial charge < -0.3 is 16.2 Å². The van der Waals surface area contributed by atoms with Crippen molar-refractivity contribution in [2.45, 2.75) is 63.9 Å². The van der Waals surface area contributed by atoms with Crippen molar-refractivity contribution in [3.63, 3.8) is 0 Å². The summed E-state index contributed by atoms with van der Waals surface area (Å²) in [7, 11) is 0. The molecule has 0 aromatic carbocycles. The molecule has 3 aromatic rings. The molecule has 1 saturated heterocycles. The van der Waals surface area contributed by atoms with Gasteiger partial charge in [0.1, 0.15) is 5.82 Å². The third-order valence-electron chi connectivity index (χ3n) is 6.00. The predicted molar refractivity (Wildman–Crippen MR) is 116 cm³/mol. The Labute approximate surface area is 188 Å². The van der Waals surface area contributed by atoms with Crippen molar-refractivity contribution in [2.75, 3.05) is 5.73 Å². The summed E-state index contributed by atoms with van der Waals surface area (Å²) in [4.78, 5) is 20.8. The molecule has 1 unspecified atom stereocenters. The summed E-state index contributed by atoms with van der Waals surface area (Å²) in [5.74, 6) is -0.0487. The number of carbonyl (C=O) groups is 1. The minimum Gasteiger partial charge on any atom is -0.383 e. The maximum absolute atomic E-state index is 12.8. The maximum atomic E-state index is 12.8. The van der Waals surface area contributed by atoms with Crippen LogP contribution in [0.1, 0.15) is 61.0 Å². The van der Waals surface area contributed by atoms with E-state index in [1.807, 2.05) is 0 Å². The third kappa shape index (κ3) is 4.55. The van der Waals surface area contributed by atoms with Crippen LogP contribution in [-0.2, 0) is 6.42 Å². The number of alkyl halides is 3. The largest absolute Gasteiger partial charge is 0.420 e. The Morgan fingerprint density at radius 1 is 1.33 bits per heavy atom. The van der Waals surface area contributed by atoms with E-state index in [-0.39, 0.29) is 11.6 Å². The normalized spacial score (nSPS) is 19.8. The van der Waals surface area contributed by atoms with E-state index in [2.05, 4.69) is 27.3 Å². The number of nitrogens with two attached hydrogens (primary N) is 1. The Balaban J connectivity index is 1.70. The lowest BCUT2D eigenvalue weighted by Crippen LogP contribution is -2.27. The van der Waals surface area contributed by atoms with E-state index in [1.165, 1.54) is 29.9 Å². The summed E-state index contributed by atoms with van der Waals surface area (Å²) < 4.78 is 39.6. The van der Waals surface area contributed by atoms with Gasteiger partial charge in [-0.3, -0.25) is 9.78 Å². The second kappa shape index (κ2) is 8.71. The Morgan fingerprint density at radius 2 is 2.09 bits per heavy atom. The quantitative estimate of drug-likeness (QED) is 0.481. The van der Waals surface area contributed by atoms with Crippen LogP contribution in [0.3, 0.4) is 0 Å². The van der Waals surface area contributed by atoms with Crippen LogP contribution in [-0.4, -0.2) is 48.7 Å². The monoisotopic (exact) mass is 462 g/mol. The van der Waals surface area contributed by atoms with Crippen LogP contribution in [0.15, 0.2) is 24.5 Å². The van der Waals surface area contributed by atoms with E-state index in [4.69, 9.17) is 5.73 Å². The molecule has 1 aliphatic rings. The van der Waals surface area contributed by atoms with Gasteiger partial charge in [0.05, 0.1) is 23.1 Å². The first-order valence-electron chi connectivity index (χ1n) is 10.7. The van der Waals surface area contributed by atoms with Gasteiger partial charge in [0.2, 0.25) is 0 Å². The van der Waals surface area contributed by atoms with E-state index < -0.39 is 18.0 Å². The highest BCUT2D eigenvalue weighted by Crippen LogP contribution is 2.33. The molecule has 3 atom stereocenters. The van der Waals surface area contributed by atoms with Gasteiger partial charge >= 0.3 is 6.18 Å². The molecule has 0 saturated carbocycles. The van der Waals surface area contributed by atoms with Gasteiger partial charge in [-0.05, 0) is 45.6 Å². The van der Waals surface area contributed by atoms with Gasteiger partial charge in [-0.15, -0.1) is 0 Å². The number of carbonyl (C=O) groups excluding carboxylic acids is 1. The first-order valence-corrected chi connectivity index (χ1v) is 10.7. The van der Waals surface area contributed by atoms with Crippen molar-refractivity contribution < 1.29 is 23.1 Å². The number of nitrogens with one attached hydrogen (secondary N) is 1. The molecular weight excluding hydrogens is 437 g/mol. The van der Waals surface area contributed by atoms with E-state index in [0.29, 0.717) is 46.5 Å². The molecule has 33 heavy (non-hydrogen) atoms. The molecule has 4 heterocycles. The first-order chi connectivity index (χ1) is 15.6. The number of anilines is 1. The number of aliphatic hydroxyl groups is 1. The number of pyridine rings is 1. The Bertz CT molecular complexity index is 1180. The zero-order valence-electron chi connectivity index (χ0n) is 18.2. The van der Waals surface area contributed by atoms with E-state index in [9.17, 15) is 23.1 Å². The van der Waals surface area contributed by atoms with Crippen LogP contribution < -0.4 is 11.1 Å². The number of hydrogen-bond donors (Lipinski definition) is 3. The SMILES string of the molecule is CC(=O)c1c(CC[C@H]2CC[C@@H](C)N2)nc2c(-c3ccc(C(O)C(F)(F)F)nc3)cnn2c1N. The summed E-state index contributed by atoms with van der Waals surface area (Å²) in [5, 5.41) is 17.1. The molecule has 0 amide bonds. The standard InChI is InChI=1S/C22H25F3N6O2/c1-11-3-5-14(29-11)6-8-16-18(12(2)32)20(26)31-21(30-16)15(10-28-31)13-4-7-17(27-9-13)19(33)22(23,24)25/h4,7,9-11,14,19,29,33H,3,5-6,8,26H2,1-2H3/t11-,14-,19?/m1/s1. The van der Waals surface area contributed by atoms with Gasteiger partial charge in [-0.25, -0.2) is 4.98 Å². The molecule has 4 rings (SSSR count). The summed E-state index contributed by atoms with van der Waals surface area (Å²) >= 11 is 0. The van der Waals surface area contributed by atoms with Gasteiger partial charge in [-0.2, -0.15) is 22.8 Å². The molecule has 8 nitrogen and oxygen atoms in total. The number of fused-ring (bicyclic) bond motifs is 1. The van der Waals surface area contributed by atoms with Crippen LogP contribution in [0.5, 0.6) is 0 Å². The molecule has 1 fully saturated rings. The number of hydrogen-bond acceptors (Lipinski definition) is 7. The van der Waals surface area contributed by atoms with Crippen LogP contribution >= 0.6 is 0 Å². The molecule has 0 spiro atoms. The van der Waals surface area contributed by atoms with Gasteiger partial charge in [0.25, 0.3) is 0 Å². The van der Waals surface area contributed by atoms with Crippen molar-refractivity contribution >= 4 is 17.2 Å². The smallest absolute Gasteiger partial charge is 0.383 e. The predicted octanol–water partition coefficient (Wildman–Crippen LogP) is 3.24. The van der Waals surface area contributed by atoms with Crippen molar-refractivity contribution in [1.82, 2.24) is 24.9 Å². The number of rotatable bonds is 6. The zero-order chi connectivity index (χ0) is 23.9. The number of aliphatic hydroxyl groups excluding tert-OH is 1. The van der Waals surface area contributed by atoms with Crippen molar-refractivity contribution in [1.29, 1.82) is 0 Å². The fourth-order valence-electron chi connectivity index (χ4n) is 4.28. The van der Waals surface area contributed by atoms with E-state index in [1.54, 1.807) is 0 Å². The number of nitrogen functional groups attached to an aromatic ring is 1. The number of nitrogens with zero attached hydrogens (tertiary/aromatic N) is 4. The van der Waals surface area contributed by atoms with Crippen LogP contribution in [0.25, 0.3) is 16.8 Å². The molecule has 1 aliphatic heterocycles.